The minimum Gasteiger partial charge on any atom is -0.497 e. The molecule has 0 unspecified atom stereocenters. The molecule has 0 radical (unpaired) electrons. The molecule has 1 saturated heterocycles. The predicted octanol–water partition coefficient (Wildman–Crippen LogP) is 2.00. The van der Waals surface area contributed by atoms with Gasteiger partial charge in [0, 0.05) is 57.7 Å². The van der Waals surface area contributed by atoms with E-state index in [1.54, 1.807) is 14.2 Å². The highest BCUT2D eigenvalue weighted by Crippen LogP contribution is 2.20. The van der Waals surface area contributed by atoms with Gasteiger partial charge in [-0.05, 0) is 29.8 Å². The average molecular weight is 369 g/mol. The maximum Gasteiger partial charge on any atom is 0.212 e. The van der Waals surface area contributed by atoms with Crippen LogP contribution in [0.3, 0.4) is 0 Å². The van der Waals surface area contributed by atoms with Crippen molar-refractivity contribution in [1.29, 1.82) is 0 Å². The lowest BCUT2D eigenvalue weighted by atomic mass is 10.2. The molecule has 7 nitrogen and oxygen atoms in total. The number of rotatable bonds is 5. The predicted molar refractivity (Wildman–Crippen MR) is 108 cm³/mol. The highest BCUT2D eigenvalue weighted by molar-refractivity contribution is 5.80. The number of aromatic nitrogens is 1. The first-order valence-electron chi connectivity index (χ1n) is 9.07. The topological polar surface area (TPSA) is 62.2 Å². The summed E-state index contributed by atoms with van der Waals surface area (Å²) in [5.41, 5.74) is 2.32. The molecule has 1 aromatic heterocycles. The van der Waals surface area contributed by atoms with Crippen LogP contribution in [0.4, 0.5) is 5.69 Å². The first kappa shape index (κ1) is 18.8. The third kappa shape index (κ3) is 4.81. The molecule has 0 amide bonds. The van der Waals surface area contributed by atoms with Gasteiger partial charge >= 0.3 is 0 Å². The molecule has 7 heteroatoms. The number of anilines is 1. The van der Waals surface area contributed by atoms with E-state index in [0.29, 0.717) is 12.4 Å². The lowest BCUT2D eigenvalue weighted by Gasteiger charge is -2.37. The average Bonchev–Trinajstić information content (AvgIpc) is 2.75. The van der Waals surface area contributed by atoms with E-state index in [1.807, 2.05) is 37.5 Å². The highest BCUT2D eigenvalue weighted by Gasteiger charge is 2.19. The molecule has 0 aliphatic carbocycles. The SMILES string of the molecule is CN=C(NCc1ccc(OC)nc1)N1CCN(c2ccc(OC)cc2)CC1. The quantitative estimate of drug-likeness (QED) is 0.643. The molecule has 0 spiro atoms. The lowest BCUT2D eigenvalue weighted by Crippen LogP contribution is -2.52. The fraction of sp³-hybridized carbons (Fsp3) is 0.400. The molecule has 1 aliphatic heterocycles. The fourth-order valence-corrected chi connectivity index (χ4v) is 3.12. The van der Waals surface area contributed by atoms with E-state index < -0.39 is 0 Å². The molecule has 27 heavy (non-hydrogen) atoms. The summed E-state index contributed by atoms with van der Waals surface area (Å²) in [6.07, 6.45) is 1.82. The fourth-order valence-electron chi connectivity index (χ4n) is 3.12. The van der Waals surface area contributed by atoms with Crippen molar-refractivity contribution in [2.45, 2.75) is 6.54 Å². The number of benzene rings is 1. The van der Waals surface area contributed by atoms with Crippen LogP contribution in [-0.2, 0) is 6.54 Å². The normalized spacial score (nSPS) is 14.9. The second-order valence-electron chi connectivity index (χ2n) is 6.28. The van der Waals surface area contributed by atoms with Gasteiger partial charge in [0.25, 0.3) is 0 Å². The molecule has 0 saturated carbocycles. The summed E-state index contributed by atoms with van der Waals surface area (Å²) < 4.78 is 10.3. The largest absolute Gasteiger partial charge is 0.497 e. The molecule has 1 N–H and O–H groups in total. The van der Waals surface area contributed by atoms with Crippen LogP contribution in [0.1, 0.15) is 5.56 Å². The molecule has 1 fully saturated rings. The van der Waals surface area contributed by atoms with E-state index in [-0.39, 0.29) is 0 Å². The maximum atomic E-state index is 5.23. The number of hydrogen-bond acceptors (Lipinski definition) is 5. The Morgan fingerprint density at radius 3 is 2.33 bits per heavy atom. The zero-order valence-corrected chi connectivity index (χ0v) is 16.2. The molecule has 2 aromatic rings. The van der Waals surface area contributed by atoms with E-state index in [0.717, 1.165) is 43.5 Å². The Hall–Kier alpha value is -2.96. The van der Waals surface area contributed by atoms with E-state index in [4.69, 9.17) is 9.47 Å². The molecule has 0 atom stereocenters. The van der Waals surface area contributed by atoms with Gasteiger partial charge in [-0.3, -0.25) is 4.99 Å². The summed E-state index contributed by atoms with van der Waals surface area (Å²) in [5.74, 6) is 2.42. The van der Waals surface area contributed by atoms with Crippen LogP contribution in [0.25, 0.3) is 0 Å². The number of guanidine groups is 1. The van der Waals surface area contributed by atoms with Gasteiger partial charge in [0.05, 0.1) is 14.2 Å². The number of nitrogens with zero attached hydrogens (tertiary/aromatic N) is 4. The summed E-state index contributed by atoms with van der Waals surface area (Å²) in [6, 6.07) is 12.1. The number of hydrogen-bond donors (Lipinski definition) is 1. The maximum absolute atomic E-state index is 5.23. The van der Waals surface area contributed by atoms with Crippen LogP contribution in [0, 0.1) is 0 Å². The Labute approximate surface area is 160 Å². The van der Waals surface area contributed by atoms with Gasteiger partial charge in [-0.15, -0.1) is 0 Å². The van der Waals surface area contributed by atoms with Crippen LogP contribution in [0.15, 0.2) is 47.6 Å². The lowest BCUT2D eigenvalue weighted by molar-refractivity contribution is 0.372. The minimum absolute atomic E-state index is 0.623. The van der Waals surface area contributed by atoms with Crippen molar-refractivity contribution < 1.29 is 9.47 Å². The number of pyridine rings is 1. The second kappa shape index (κ2) is 9.12. The van der Waals surface area contributed by atoms with Gasteiger partial charge in [0.2, 0.25) is 5.88 Å². The third-order valence-electron chi connectivity index (χ3n) is 4.69. The first-order chi connectivity index (χ1) is 13.2. The van der Waals surface area contributed by atoms with Crippen LogP contribution < -0.4 is 19.7 Å². The van der Waals surface area contributed by atoms with E-state index in [9.17, 15) is 0 Å². The highest BCUT2D eigenvalue weighted by atomic mass is 16.5. The monoisotopic (exact) mass is 369 g/mol. The molecule has 1 aromatic carbocycles. The van der Waals surface area contributed by atoms with Crippen LogP contribution in [0.5, 0.6) is 11.6 Å². The standard InChI is InChI=1S/C20H27N5O2/c1-21-20(23-15-16-4-9-19(27-3)22-14-16)25-12-10-24(11-13-25)17-5-7-18(26-2)8-6-17/h4-9,14H,10-13,15H2,1-3H3,(H,21,23). The second-order valence-corrected chi connectivity index (χ2v) is 6.28. The zero-order chi connectivity index (χ0) is 19.1. The summed E-state index contributed by atoms with van der Waals surface area (Å²) >= 11 is 0. The molecular weight excluding hydrogens is 342 g/mol. The van der Waals surface area contributed by atoms with Crippen molar-refractivity contribution in [2.24, 2.45) is 4.99 Å². The first-order valence-corrected chi connectivity index (χ1v) is 9.07. The number of aliphatic imine (C=N–C) groups is 1. The molecule has 0 bridgehead atoms. The van der Waals surface area contributed by atoms with E-state index in [2.05, 4.69) is 37.2 Å². The Balaban J connectivity index is 1.51. The van der Waals surface area contributed by atoms with Crippen molar-refractivity contribution >= 4 is 11.6 Å². The van der Waals surface area contributed by atoms with Crippen molar-refractivity contribution in [2.75, 3.05) is 52.3 Å². The van der Waals surface area contributed by atoms with Crippen LogP contribution in [-0.4, -0.2) is 63.3 Å². The molecular formula is C20H27N5O2. The summed E-state index contributed by atoms with van der Waals surface area (Å²) in [5, 5.41) is 3.42. The molecule has 2 heterocycles. The van der Waals surface area contributed by atoms with Gasteiger partial charge < -0.3 is 24.6 Å². The smallest absolute Gasteiger partial charge is 0.212 e. The number of nitrogens with one attached hydrogen (secondary N) is 1. The van der Waals surface area contributed by atoms with Crippen molar-refractivity contribution in [1.82, 2.24) is 15.2 Å². The Bertz CT molecular complexity index is 738. The summed E-state index contributed by atoms with van der Waals surface area (Å²) in [4.78, 5) is 13.3. The van der Waals surface area contributed by atoms with Crippen molar-refractivity contribution in [3.8, 4) is 11.6 Å². The Morgan fingerprint density at radius 1 is 1.04 bits per heavy atom. The van der Waals surface area contributed by atoms with Crippen molar-refractivity contribution in [3.63, 3.8) is 0 Å². The summed E-state index contributed by atoms with van der Waals surface area (Å²) in [7, 11) is 5.13. The number of methoxy groups -OCH3 is 2. The zero-order valence-electron chi connectivity index (χ0n) is 16.2. The van der Waals surface area contributed by atoms with Crippen LogP contribution >= 0.6 is 0 Å². The van der Waals surface area contributed by atoms with E-state index in [1.165, 1.54) is 5.69 Å². The van der Waals surface area contributed by atoms with Gasteiger partial charge in [-0.25, -0.2) is 4.98 Å². The van der Waals surface area contributed by atoms with Gasteiger partial charge in [-0.1, -0.05) is 6.07 Å². The number of ether oxygens (including phenoxy) is 2. The molecule has 3 rings (SSSR count). The molecule has 144 valence electrons. The van der Waals surface area contributed by atoms with Crippen LogP contribution in [0.2, 0.25) is 0 Å². The Morgan fingerprint density at radius 2 is 1.78 bits per heavy atom. The number of piperazine rings is 1. The third-order valence-corrected chi connectivity index (χ3v) is 4.69. The Kier molecular flexibility index (Phi) is 6.35. The summed E-state index contributed by atoms with van der Waals surface area (Å²) in [6.45, 7) is 4.44. The van der Waals surface area contributed by atoms with E-state index >= 15 is 0 Å². The van der Waals surface area contributed by atoms with Gasteiger partial charge in [0.1, 0.15) is 5.75 Å². The van der Waals surface area contributed by atoms with Gasteiger partial charge in [-0.2, -0.15) is 0 Å². The van der Waals surface area contributed by atoms with Gasteiger partial charge in [0.15, 0.2) is 5.96 Å². The van der Waals surface area contributed by atoms with Crippen molar-refractivity contribution in [3.05, 3.63) is 48.2 Å². The minimum atomic E-state index is 0.623. The molecule has 1 aliphatic rings.